The standard InChI is InChI=1S/C21H19F4N5O3/c1-26-18(31)11-33-14-5-3-4-12(8-14)29-20-27-10-16(22)19(30-20)28-13-6-7-17(32-2)15(9-13)21(23,24)25/h3-10H,11H2,1-2H3,(H,26,31)(H2,27,28,29,30). The summed E-state index contributed by atoms with van der Waals surface area (Å²) in [6.45, 7) is -0.178. The minimum Gasteiger partial charge on any atom is -0.496 e. The van der Waals surface area contributed by atoms with Gasteiger partial charge in [0.1, 0.15) is 11.5 Å². The topological polar surface area (TPSA) is 97.4 Å². The number of alkyl halides is 3. The van der Waals surface area contributed by atoms with Crippen molar-refractivity contribution in [3.05, 3.63) is 60.0 Å². The van der Waals surface area contributed by atoms with Gasteiger partial charge in [0.25, 0.3) is 5.91 Å². The number of nitrogens with zero attached hydrogens (tertiary/aromatic N) is 2. The number of hydrogen-bond acceptors (Lipinski definition) is 7. The molecule has 3 N–H and O–H groups in total. The highest BCUT2D eigenvalue weighted by atomic mass is 19.4. The number of carbonyl (C=O) groups is 1. The molecule has 0 aliphatic rings. The summed E-state index contributed by atoms with van der Waals surface area (Å²) in [6.07, 6.45) is -3.79. The third kappa shape index (κ3) is 6.21. The van der Waals surface area contributed by atoms with Gasteiger partial charge < -0.3 is 25.4 Å². The molecule has 0 radical (unpaired) electrons. The number of anilines is 4. The fourth-order valence-corrected chi connectivity index (χ4v) is 2.67. The summed E-state index contributed by atoms with van der Waals surface area (Å²) in [5, 5.41) is 7.79. The SMILES string of the molecule is CNC(=O)COc1cccc(Nc2ncc(F)c(Nc3ccc(OC)c(C(F)(F)F)c3)n2)c1. The van der Waals surface area contributed by atoms with Crippen LogP contribution < -0.4 is 25.4 Å². The highest BCUT2D eigenvalue weighted by Gasteiger charge is 2.34. The highest BCUT2D eigenvalue weighted by Crippen LogP contribution is 2.38. The van der Waals surface area contributed by atoms with Crippen LogP contribution >= 0.6 is 0 Å². The molecule has 0 aliphatic carbocycles. The van der Waals surface area contributed by atoms with E-state index in [2.05, 4.69) is 25.9 Å². The molecule has 0 saturated heterocycles. The largest absolute Gasteiger partial charge is 0.496 e. The highest BCUT2D eigenvalue weighted by molar-refractivity contribution is 5.77. The molecule has 0 bridgehead atoms. The van der Waals surface area contributed by atoms with Crippen molar-refractivity contribution in [2.75, 3.05) is 31.4 Å². The van der Waals surface area contributed by atoms with Crippen molar-refractivity contribution < 1.29 is 31.8 Å². The first-order valence-electron chi connectivity index (χ1n) is 9.45. The normalized spacial score (nSPS) is 11.0. The first-order valence-corrected chi connectivity index (χ1v) is 9.45. The van der Waals surface area contributed by atoms with E-state index in [1.807, 2.05) is 0 Å². The van der Waals surface area contributed by atoms with Crippen molar-refractivity contribution in [3.63, 3.8) is 0 Å². The average molecular weight is 465 g/mol. The smallest absolute Gasteiger partial charge is 0.420 e. The number of ether oxygens (including phenoxy) is 2. The van der Waals surface area contributed by atoms with E-state index < -0.39 is 17.6 Å². The van der Waals surface area contributed by atoms with Crippen LogP contribution in [0.15, 0.2) is 48.7 Å². The van der Waals surface area contributed by atoms with Gasteiger partial charge in [-0.25, -0.2) is 9.37 Å². The van der Waals surface area contributed by atoms with Crippen LogP contribution in [0.5, 0.6) is 11.5 Å². The third-order valence-electron chi connectivity index (χ3n) is 4.25. The summed E-state index contributed by atoms with van der Waals surface area (Å²) in [4.78, 5) is 19.1. The molecule has 0 spiro atoms. The minimum absolute atomic E-state index is 0.0214. The Balaban J connectivity index is 1.79. The van der Waals surface area contributed by atoms with Crippen molar-refractivity contribution in [1.82, 2.24) is 15.3 Å². The van der Waals surface area contributed by atoms with E-state index in [0.717, 1.165) is 25.4 Å². The van der Waals surface area contributed by atoms with Crippen LogP contribution in [-0.4, -0.2) is 36.6 Å². The number of amides is 1. The van der Waals surface area contributed by atoms with E-state index in [9.17, 15) is 22.4 Å². The second-order valence-corrected chi connectivity index (χ2v) is 6.54. The zero-order chi connectivity index (χ0) is 24.0. The van der Waals surface area contributed by atoms with Gasteiger partial charge in [-0.2, -0.15) is 18.2 Å². The molecular formula is C21H19F4N5O3. The first-order chi connectivity index (χ1) is 15.7. The second kappa shape index (κ2) is 10.0. The van der Waals surface area contributed by atoms with E-state index in [-0.39, 0.29) is 35.7 Å². The maximum Gasteiger partial charge on any atom is 0.420 e. The molecule has 8 nitrogen and oxygen atoms in total. The number of hydrogen-bond donors (Lipinski definition) is 3. The Morgan fingerprint density at radius 1 is 1.09 bits per heavy atom. The maximum absolute atomic E-state index is 14.2. The predicted octanol–water partition coefficient (Wildman–Crippen LogP) is 4.26. The summed E-state index contributed by atoms with van der Waals surface area (Å²) in [7, 11) is 2.61. The van der Waals surface area contributed by atoms with Gasteiger partial charge in [-0.1, -0.05) is 6.07 Å². The second-order valence-electron chi connectivity index (χ2n) is 6.54. The Kier molecular flexibility index (Phi) is 7.16. The molecule has 12 heteroatoms. The molecule has 1 aromatic heterocycles. The molecule has 0 fully saturated rings. The lowest BCUT2D eigenvalue weighted by Gasteiger charge is -2.15. The molecule has 174 valence electrons. The molecule has 0 aliphatic heterocycles. The van der Waals surface area contributed by atoms with Crippen LogP contribution in [0, 0.1) is 5.82 Å². The van der Waals surface area contributed by atoms with Gasteiger partial charge in [0.15, 0.2) is 18.2 Å². The van der Waals surface area contributed by atoms with Gasteiger partial charge in [0, 0.05) is 24.5 Å². The quantitative estimate of drug-likeness (QED) is 0.428. The number of rotatable bonds is 8. The molecule has 2 aromatic carbocycles. The lowest BCUT2D eigenvalue weighted by molar-refractivity contribution is -0.138. The van der Waals surface area contributed by atoms with E-state index in [1.165, 1.54) is 13.1 Å². The van der Waals surface area contributed by atoms with Crippen LogP contribution in [0.2, 0.25) is 0 Å². The summed E-state index contributed by atoms with van der Waals surface area (Å²) in [5.74, 6) is -1.51. The van der Waals surface area contributed by atoms with Gasteiger partial charge in [0.05, 0.1) is 18.9 Å². The Hall–Kier alpha value is -4.09. The summed E-state index contributed by atoms with van der Waals surface area (Å²) < 4.78 is 64.0. The van der Waals surface area contributed by atoms with E-state index in [1.54, 1.807) is 24.3 Å². The monoisotopic (exact) mass is 465 g/mol. The fourth-order valence-electron chi connectivity index (χ4n) is 2.67. The molecule has 0 atom stereocenters. The third-order valence-corrected chi connectivity index (χ3v) is 4.25. The molecule has 33 heavy (non-hydrogen) atoms. The van der Waals surface area contributed by atoms with Crippen LogP contribution in [0.3, 0.4) is 0 Å². The predicted molar refractivity (Wildman–Crippen MR) is 113 cm³/mol. The van der Waals surface area contributed by atoms with Crippen molar-refractivity contribution in [2.24, 2.45) is 0 Å². The minimum atomic E-state index is -4.66. The number of methoxy groups -OCH3 is 1. The van der Waals surface area contributed by atoms with Crippen molar-refractivity contribution in [3.8, 4) is 11.5 Å². The van der Waals surface area contributed by atoms with Crippen molar-refractivity contribution in [1.29, 1.82) is 0 Å². The lowest BCUT2D eigenvalue weighted by atomic mass is 10.1. The molecule has 3 aromatic rings. The Labute approximate surface area is 186 Å². The Bertz CT molecular complexity index is 1140. The number of benzene rings is 2. The molecule has 0 unspecified atom stereocenters. The summed E-state index contributed by atoms with van der Waals surface area (Å²) in [6, 6.07) is 9.73. The lowest BCUT2D eigenvalue weighted by Crippen LogP contribution is -2.24. The summed E-state index contributed by atoms with van der Waals surface area (Å²) in [5.41, 5.74) is -0.585. The summed E-state index contributed by atoms with van der Waals surface area (Å²) >= 11 is 0. The number of likely N-dealkylation sites (N-methyl/N-ethyl adjacent to an activating group) is 1. The molecule has 1 heterocycles. The van der Waals surface area contributed by atoms with Gasteiger partial charge in [-0.15, -0.1) is 0 Å². The molecule has 3 rings (SSSR count). The maximum atomic E-state index is 14.2. The number of carbonyl (C=O) groups excluding carboxylic acids is 1. The van der Waals surface area contributed by atoms with Gasteiger partial charge in [-0.05, 0) is 30.3 Å². The van der Waals surface area contributed by atoms with Gasteiger partial charge >= 0.3 is 6.18 Å². The first kappa shape index (κ1) is 23.6. The molecule has 0 saturated carbocycles. The number of halogens is 4. The zero-order valence-corrected chi connectivity index (χ0v) is 17.5. The van der Waals surface area contributed by atoms with Crippen LogP contribution in [-0.2, 0) is 11.0 Å². The van der Waals surface area contributed by atoms with Crippen LogP contribution in [0.1, 0.15) is 5.56 Å². The van der Waals surface area contributed by atoms with E-state index in [4.69, 9.17) is 9.47 Å². The van der Waals surface area contributed by atoms with Crippen molar-refractivity contribution >= 4 is 29.0 Å². The van der Waals surface area contributed by atoms with Crippen molar-refractivity contribution in [2.45, 2.75) is 6.18 Å². The van der Waals surface area contributed by atoms with Crippen LogP contribution in [0.25, 0.3) is 0 Å². The molecular weight excluding hydrogens is 446 g/mol. The number of nitrogens with one attached hydrogen (secondary N) is 3. The Morgan fingerprint density at radius 3 is 2.55 bits per heavy atom. The van der Waals surface area contributed by atoms with E-state index in [0.29, 0.717) is 11.4 Å². The molecule has 1 amide bonds. The van der Waals surface area contributed by atoms with E-state index >= 15 is 0 Å². The average Bonchev–Trinajstić information content (AvgIpc) is 2.79. The fraction of sp³-hybridized carbons (Fsp3) is 0.190. The van der Waals surface area contributed by atoms with Crippen LogP contribution in [0.4, 0.5) is 40.7 Å². The van der Waals surface area contributed by atoms with Gasteiger partial charge in [-0.3, -0.25) is 4.79 Å². The zero-order valence-electron chi connectivity index (χ0n) is 17.5. The van der Waals surface area contributed by atoms with Gasteiger partial charge in [0.2, 0.25) is 5.95 Å². The number of aromatic nitrogens is 2. The Morgan fingerprint density at radius 2 is 1.85 bits per heavy atom.